The van der Waals surface area contributed by atoms with E-state index in [9.17, 15) is 5.11 Å². The summed E-state index contributed by atoms with van der Waals surface area (Å²) >= 11 is 0. The summed E-state index contributed by atoms with van der Waals surface area (Å²) in [6.07, 6.45) is 2.14. The van der Waals surface area contributed by atoms with Crippen LogP contribution in [0.4, 0.5) is 0 Å². The number of hydrogen-bond acceptors (Lipinski definition) is 4. The predicted molar refractivity (Wildman–Crippen MR) is 74.7 cm³/mol. The molecule has 2 atom stereocenters. The molecule has 1 aromatic rings. The molecule has 1 saturated heterocycles. The smallest absolute Gasteiger partial charge is 0.161 e. The minimum atomic E-state index is -0.854. The van der Waals surface area contributed by atoms with E-state index in [1.54, 1.807) is 14.2 Å². The number of aliphatic hydroxyl groups is 1. The van der Waals surface area contributed by atoms with Crippen molar-refractivity contribution in [2.45, 2.75) is 25.4 Å². The van der Waals surface area contributed by atoms with Crippen LogP contribution in [0.15, 0.2) is 18.2 Å². The van der Waals surface area contributed by atoms with Gasteiger partial charge in [0, 0.05) is 12.5 Å². The van der Waals surface area contributed by atoms with Crippen LogP contribution >= 0.6 is 0 Å². The van der Waals surface area contributed by atoms with E-state index in [2.05, 4.69) is 5.32 Å². The largest absolute Gasteiger partial charge is 0.493 e. The van der Waals surface area contributed by atoms with Crippen molar-refractivity contribution in [3.05, 3.63) is 23.8 Å². The molecule has 0 saturated carbocycles. The fraction of sp³-hybridized carbons (Fsp3) is 0.600. The molecule has 2 unspecified atom stereocenters. The quantitative estimate of drug-likeness (QED) is 0.873. The maximum atomic E-state index is 10.9. The van der Waals surface area contributed by atoms with Crippen molar-refractivity contribution in [2.24, 2.45) is 5.92 Å². The van der Waals surface area contributed by atoms with E-state index < -0.39 is 5.60 Å². The number of methoxy groups -OCH3 is 2. The van der Waals surface area contributed by atoms with Gasteiger partial charge in [-0.3, -0.25) is 0 Å². The second kappa shape index (κ2) is 5.80. The van der Waals surface area contributed by atoms with Crippen LogP contribution in [0.25, 0.3) is 0 Å². The molecular formula is C15H23NO3. The van der Waals surface area contributed by atoms with Gasteiger partial charge in [-0.1, -0.05) is 6.07 Å². The van der Waals surface area contributed by atoms with Gasteiger partial charge in [-0.2, -0.15) is 0 Å². The predicted octanol–water partition coefficient (Wildman–Crippen LogP) is 1.91. The first-order valence-electron chi connectivity index (χ1n) is 6.75. The Balaban J connectivity index is 2.28. The lowest BCUT2D eigenvalue weighted by atomic mass is 9.79. The molecule has 1 aliphatic rings. The van der Waals surface area contributed by atoms with Crippen molar-refractivity contribution in [3.8, 4) is 11.5 Å². The zero-order chi connectivity index (χ0) is 13.9. The normalized spacial score (nSPS) is 22.6. The summed E-state index contributed by atoms with van der Waals surface area (Å²) in [5, 5.41) is 14.2. The monoisotopic (exact) mass is 265 g/mol. The number of ether oxygens (including phenoxy) is 2. The van der Waals surface area contributed by atoms with Gasteiger partial charge < -0.3 is 19.9 Å². The van der Waals surface area contributed by atoms with E-state index in [-0.39, 0.29) is 5.92 Å². The highest BCUT2D eigenvalue weighted by atomic mass is 16.5. The van der Waals surface area contributed by atoms with Crippen LogP contribution in [0.2, 0.25) is 0 Å². The summed E-state index contributed by atoms with van der Waals surface area (Å²) < 4.78 is 10.5. The first kappa shape index (κ1) is 14.2. The van der Waals surface area contributed by atoms with Crippen molar-refractivity contribution in [3.63, 3.8) is 0 Å². The topological polar surface area (TPSA) is 50.7 Å². The van der Waals surface area contributed by atoms with E-state index in [1.807, 2.05) is 25.1 Å². The molecule has 0 bridgehead atoms. The van der Waals surface area contributed by atoms with Gasteiger partial charge in [-0.15, -0.1) is 0 Å². The van der Waals surface area contributed by atoms with Gasteiger partial charge in [0.15, 0.2) is 11.5 Å². The third-order valence-corrected chi connectivity index (χ3v) is 4.06. The number of rotatable bonds is 4. The fourth-order valence-electron chi connectivity index (χ4n) is 2.72. The molecule has 0 amide bonds. The molecule has 0 aliphatic carbocycles. The van der Waals surface area contributed by atoms with Gasteiger partial charge in [0.1, 0.15) is 0 Å². The van der Waals surface area contributed by atoms with Crippen molar-refractivity contribution in [2.75, 3.05) is 27.3 Å². The number of benzene rings is 1. The Kier molecular flexibility index (Phi) is 4.32. The highest BCUT2D eigenvalue weighted by Crippen LogP contribution is 2.37. The molecule has 1 aromatic carbocycles. The van der Waals surface area contributed by atoms with Crippen molar-refractivity contribution < 1.29 is 14.6 Å². The maximum absolute atomic E-state index is 10.9. The zero-order valence-corrected chi connectivity index (χ0v) is 11.9. The second-order valence-electron chi connectivity index (χ2n) is 5.26. The minimum absolute atomic E-state index is 0.222. The van der Waals surface area contributed by atoms with Gasteiger partial charge in [-0.05, 0) is 44.0 Å². The van der Waals surface area contributed by atoms with Crippen molar-refractivity contribution >= 4 is 0 Å². The molecule has 0 radical (unpaired) electrons. The van der Waals surface area contributed by atoms with Crippen LogP contribution in [-0.4, -0.2) is 32.4 Å². The number of nitrogens with one attached hydrogen (secondary N) is 1. The van der Waals surface area contributed by atoms with E-state index in [4.69, 9.17) is 9.47 Å². The van der Waals surface area contributed by atoms with Crippen LogP contribution in [0, 0.1) is 5.92 Å². The molecule has 19 heavy (non-hydrogen) atoms. The Hall–Kier alpha value is -1.26. The highest BCUT2D eigenvalue weighted by Gasteiger charge is 2.35. The van der Waals surface area contributed by atoms with Crippen LogP contribution in [-0.2, 0) is 5.60 Å². The molecule has 1 aliphatic heterocycles. The van der Waals surface area contributed by atoms with E-state index >= 15 is 0 Å². The first-order chi connectivity index (χ1) is 9.09. The van der Waals surface area contributed by atoms with E-state index in [1.165, 1.54) is 0 Å². The minimum Gasteiger partial charge on any atom is -0.493 e. The van der Waals surface area contributed by atoms with Gasteiger partial charge >= 0.3 is 0 Å². The van der Waals surface area contributed by atoms with Crippen molar-refractivity contribution in [1.82, 2.24) is 5.32 Å². The summed E-state index contributed by atoms with van der Waals surface area (Å²) in [6.45, 7) is 3.77. The Labute approximate surface area is 114 Å². The first-order valence-corrected chi connectivity index (χ1v) is 6.75. The molecule has 0 aromatic heterocycles. The molecule has 2 N–H and O–H groups in total. The molecule has 106 valence electrons. The number of piperidine rings is 1. The molecule has 0 spiro atoms. The molecule has 4 heteroatoms. The molecular weight excluding hydrogens is 242 g/mol. The maximum Gasteiger partial charge on any atom is 0.161 e. The summed E-state index contributed by atoms with van der Waals surface area (Å²) in [7, 11) is 3.22. The Morgan fingerprint density at radius 2 is 2.00 bits per heavy atom. The van der Waals surface area contributed by atoms with E-state index in [0.717, 1.165) is 31.5 Å². The Morgan fingerprint density at radius 3 is 2.58 bits per heavy atom. The van der Waals surface area contributed by atoms with Gasteiger partial charge in [0.2, 0.25) is 0 Å². The average molecular weight is 265 g/mol. The van der Waals surface area contributed by atoms with Crippen molar-refractivity contribution in [1.29, 1.82) is 0 Å². The average Bonchev–Trinajstić information content (AvgIpc) is 2.47. The van der Waals surface area contributed by atoms with Crippen LogP contribution in [0.1, 0.15) is 25.3 Å². The lowest BCUT2D eigenvalue weighted by Crippen LogP contribution is -2.42. The molecule has 2 rings (SSSR count). The van der Waals surface area contributed by atoms with Gasteiger partial charge in [0.25, 0.3) is 0 Å². The highest BCUT2D eigenvalue weighted by molar-refractivity contribution is 5.44. The SMILES string of the molecule is COc1ccc(C(C)(O)C2CCCNC2)cc1OC. The molecule has 4 nitrogen and oxygen atoms in total. The Bertz CT molecular complexity index is 425. The zero-order valence-electron chi connectivity index (χ0n) is 11.9. The van der Waals surface area contributed by atoms with E-state index in [0.29, 0.717) is 11.5 Å². The van der Waals surface area contributed by atoms with Gasteiger partial charge in [-0.25, -0.2) is 0 Å². The fourth-order valence-corrected chi connectivity index (χ4v) is 2.72. The standard InChI is InChI=1S/C15H23NO3/c1-15(17,12-5-4-8-16-10-12)11-6-7-13(18-2)14(9-11)19-3/h6-7,9,12,16-17H,4-5,8,10H2,1-3H3. The molecule has 1 heterocycles. The lowest BCUT2D eigenvalue weighted by Gasteiger charge is -2.36. The summed E-state index contributed by atoms with van der Waals surface area (Å²) in [4.78, 5) is 0. The third-order valence-electron chi connectivity index (χ3n) is 4.06. The molecule has 1 fully saturated rings. The van der Waals surface area contributed by atoms with Crippen LogP contribution < -0.4 is 14.8 Å². The van der Waals surface area contributed by atoms with Crippen LogP contribution in [0.5, 0.6) is 11.5 Å². The summed E-state index contributed by atoms with van der Waals surface area (Å²) in [5.41, 5.74) is 0.0197. The summed E-state index contributed by atoms with van der Waals surface area (Å²) in [5.74, 6) is 1.56. The lowest BCUT2D eigenvalue weighted by molar-refractivity contribution is -0.0158. The third kappa shape index (κ3) is 2.85. The number of hydrogen-bond donors (Lipinski definition) is 2. The van der Waals surface area contributed by atoms with Gasteiger partial charge in [0.05, 0.1) is 19.8 Å². The van der Waals surface area contributed by atoms with Crippen LogP contribution in [0.3, 0.4) is 0 Å². The Morgan fingerprint density at radius 1 is 1.26 bits per heavy atom. The second-order valence-corrected chi connectivity index (χ2v) is 5.26. The summed E-state index contributed by atoms with van der Waals surface area (Å²) in [6, 6.07) is 5.63.